The van der Waals surface area contributed by atoms with Crippen LogP contribution in [0.15, 0.2) is 40.9 Å². The van der Waals surface area contributed by atoms with Gasteiger partial charge in [-0.1, -0.05) is 15.9 Å². The highest BCUT2D eigenvalue weighted by Gasteiger charge is 2.08. The number of benzene rings is 2. The third-order valence-corrected chi connectivity index (χ3v) is 3.33. The lowest BCUT2D eigenvalue weighted by Gasteiger charge is -2.10. The number of amides is 1. The molecule has 3 nitrogen and oxygen atoms in total. The molecule has 0 fully saturated rings. The van der Waals surface area contributed by atoms with E-state index in [9.17, 15) is 13.6 Å². The van der Waals surface area contributed by atoms with Crippen molar-refractivity contribution >= 4 is 33.2 Å². The third kappa shape index (κ3) is 4.26. The lowest BCUT2D eigenvalue weighted by Crippen LogP contribution is -2.22. The number of aryl methyl sites for hydroxylation is 1. The van der Waals surface area contributed by atoms with Gasteiger partial charge in [0.2, 0.25) is 5.91 Å². The first kappa shape index (κ1) is 15.4. The number of nitrogens with one attached hydrogen (secondary N) is 2. The highest BCUT2D eigenvalue weighted by molar-refractivity contribution is 9.10. The maximum absolute atomic E-state index is 13.4. The van der Waals surface area contributed by atoms with E-state index in [2.05, 4.69) is 26.6 Å². The number of anilines is 2. The van der Waals surface area contributed by atoms with Gasteiger partial charge in [-0.25, -0.2) is 8.78 Å². The number of hydrogen-bond acceptors (Lipinski definition) is 2. The predicted octanol–water partition coefficient (Wildman–Crippen LogP) is 4.09. The molecule has 0 bridgehead atoms. The van der Waals surface area contributed by atoms with E-state index in [1.54, 1.807) is 0 Å². The van der Waals surface area contributed by atoms with Crippen LogP contribution in [-0.2, 0) is 4.79 Å². The van der Waals surface area contributed by atoms with Crippen LogP contribution < -0.4 is 10.6 Å². The first-order valence-electron chi connectivity index (χ1n) is 6.20. The molecule has 2 rings (SSSR count). The summed E-state index contributed by atoms with van der Waals surface area (Å²) < 4.78 is 27.1. The van der Waals surface area contributed by atoms with Gasteiger partial charge in [0.15, 0.2) is 0 Å². The summed E-state index contributed by atoms with van der Waals surface area (Å²) in [4.78, 5) is 11.8. The van der Waals surface area contributed by atoms with E-state index < -0.39 is 17.5 Å². The van der Waals surface area contributed by atoms with Crippen molar-refractivity contribution in [1.29, 1.82) is 0 Å². The summed E-state index contributed by atoms with van der Waals surface area (Å²) in [7, 11) is 0. The topological polar surface area (TPSA) is 41.1 Å². The minimum absolute atomic E-state index is 0.0146. The summed E-state index contributed by atoms with van der Waals surface area (Å²) >= 11 is 3.35. The molecule has 0 radical (unpaired) electrons. The third-order valence-electron chi connectivity index (χ3n) is 2.83. The normalized spacial score (nSPS) is 10.3. The Kier molecular flexibility index (Phi) is 4.90. The van der Waals surface area contributed by atoms with Crippen molar-refractivity contribution < 1.29 is 13.6 Å². The maximum Gasteiger partial charge on any atom is 0.243 e. The monoisotopic (exact) mass is 354 g/mol. The molecule has 0 aliphatic heterocycles. The molecule has 0 aliphatic carbocycles. The van der Waals surface area contributed by atoms with Gasteiger partial charge in [0.25, 0.3) is 0 Å². The Morgan fingerprint density at radius 2 is 1.86 bits per heavy atom. The Balaban J connectivity index is 1.96. The van der Waals surface area contributed by atoms with Crippen molar-refractivity contribution in [3.63, 3.8) is 0 Å². The molecule has 2 aromatic rings. The van der Waals surface area contributed by atoms with Crippen LogP contribution in [0, 0.1) is 18.6 Å². The van der Waals surface area contributed by atoms with Crippen molar-refractivity contribution in [2.45, 2.75) is 6.92 Å². The molecule has 110 valence electrons. The zero-order chi connectivity index (χ0) is 15.4. The Labute approximate surface area is 129 Å². The summed E-state index contributed by atoms with van der Waals surface area (Å²) in [5.41, 5.74) is 1.74. The summed E-state index contributed by atoms with van der Waals surface area (Å²) in [6.45, 7) is 1.89. The van der Waals surface area contributed by atoms with Gasteiger partial charge in [-0.2, -0.15) is 0 Å². The Bertz CT molecular complexity index is 677. The van der Waals surface area contributed by atoms with Crippen LogP contribution in [0.1, 0.15) is 5.56 Å². The van der Waals surface area contributed by atoms with E-state index in [1.807, 2.05) is 25.1 Å². The van der Waals surface area contributed by atoms with Gasteiger partial charge in [0.05, 0.1) is 12.2 Å². The van der Waals surface area contributed by atoms with E-state index in [0.29, 0.717) is 0 Å². The molecule has 0 heterocycles. The molecular formula is C15H13BrF2N2O. The van der Waals surface area contributed by atoms with E-state index >= 15 is 0 Å². The van der Waals surface area contributed by atoms with E-state index in [1.165, 1.54) is 6.07 Å². The predicted molar refractivity (Wildman–Crippen MR) is 82.4 cm³/mol. The molecule has 0 atom stereocenters. The average molecular weight is 355 g/mol. The van der Waals surface area contributed by atoms with Crippen LogP contribution in [0.2, 0.25) is 0 Å². The van der Waals surface area contributed by atoms with Gasteiger partial charge in [-0.3, -0.25) is 4.79 Å². The second-order valence-electron chi connectivity index (χ2n) is 4.49. The molecule has 2 N–H and O–H groups in total. The average Bonchev–Trinajstić information content (AvgIpc) is 2.41. The van der Waals surface area contributed by atoms with Gasteiger partial charge >= 0.3 is 0 Å². The summed E-state index contributed by atoms with van der Waals surface area (Å²) in [5.74, 6) is -1.90. The summed E-state index contributed by atoms with van der Waals surface area (Å²) in [6, 6.07) is 8.61. The molecule has 6 heteroatoms. The number of halogens is 3. The van der Waals surface area contributed by atoms with Crippen molar-refractivity contribution in [3.8, 4) is 0 Å². The van der Waals surface area contributed by atoms with Gasteiger partial charge in [0, 0.05) is 16.2 Å². The summed E-state index contributed by atoms with van der Waals surface area (Å²) in [5, 5.41) is 5.35. The van der Waals surface area contributed by atoms with E-state index in [-0.39, 0.29) is 12.2 Å². The van der Waals surface area contributed by atoms with E-state index in [4.69, 9.17) is 0 Å². The van der Waals surface area contributed by atoms with Crippen LogP contribution in [0.25, 0.3) is 0 Å². The van der Waals surface area contributed by atoms with Gasteiger partial charge in [-0.05, 0) is 42.8 Å². The molecule has 21 heavy (non-hydrogen) atoms. The van der Waals surface area contributed by atoms with Gasteiger partial charge in [0.1, 0.15) is 11.6 Å². The molecular weight excluding hydrogens is 342 g/mol. The standard InChI is InChI=1S/C15H13BrF2N2O/c1-9-6-10(16)2-4-13(9)19-8-15(21)20-14-5-3-11(17)7-12(14)18/h2-7,19H,8H2,1H3,(H,20,21). The lowest BCUT2D eigenvalue weighted by molar-refractivity contribution is -0.114. The second-order valence-corrected chi connectivity index (χ2v) is 5.40. The molecule has 0 saturated heterocycles. The highest BCUT2D eigenvalue weighted by atomic mass is 79.9. The lowest BCUT2D eigenvalue weighted by atomic mass is 10.2. The zero-order valence-corrected chi connectivity index (χ0v) is 12.8. The number of carbonyl (C=O) groups excluding carboxylic acids is 1. The van der Waals surface area contributed by atoms with Crippen LogP contribution >= 0.6 is 15.9 Å². The van der Waals surface area contributed by atoms with Crippen LogP contribution in [0.3, 0.4) is 0 Å². The minimum atomic E-state index is -0.803. The van der Waals surface area contributed by atoms with Crippen molar-refractivity contribution in [2.75, 3.05) is 17.2 Å². The number of carbonyl (C=O) groups is 1. The van der Waals surface area contributed by atoms with E-state index in [0.717, 1.165) is 27.9 Å². The Morgan fingerprint density at radius 3 is 2.52 bits per heavy atom. The quantitative estimate of drug-likeness (QED) is 0.868. The molecule has 0 spiro atoms. The highest BCUT2D eigenvalue weighted by Crippen LogP contribution is 2.20. The molecule has 0 aromatic heterocycles. The first-order chi connectivity index (χ1) is 9.95. The Morgan fingerprint density at radius 1 is 1.14 bits per heavy atom. The molecule has 1 amide bonds. The minimum Gasteiger partial charge on any atom is -0.376 e. The fourth-order valence-corrected chi connectivity index (χ4v) is 2.26. The van der Waals surface area contributed by atoms with Gasteiger partial charge in [-0.15, -0.1) is 0 Å². The molecule has 0 saturated carbocycles. The Hall–Kier alpha value is -1.95. The molecule has 0 aliphatic rings. The first-order valence-corrected chi connectivity index (χ1v) is 7.00. The molecule has 2 aromatic carbocycles. The smallest absolute Gasteiger partial charge is 0.243 e. The number of rotatable bonds is 4. The summed E-state index contributed by atoms with van der Waals surface area (Å²) in [6.07, 6.45) is 0. The second kappa shape index (κ2) is 6.67. The van der Waals surface area contributed by atoms with Crippen LogP contribution in [-0.4, -0.2) is 12.5 Å². The molecule has 0 unspecified atom stereocenters. The van der Waals surface area contributed by atoms with Crippen LogP contribution in [0.4, 0.5) is 20.2 Å². The largest absolute Gasteiger partial charge is 0.376 e. The SMILES string of the molecule is Cc1cc(Br)ccc1NCC(=O)Nc1ccc(F)cc1F. The zero-order valence-electron chi connectivity index (χ0n) is 11.2. The van der Waals surface area contributed by atoms with Gasteiger partial charge < -0.3 is 10.6 Å². The van der Waals surface area contributed by atoms with Crippen molar-refractivity contribution in [1.82, 2.24) is 0 Å². The fourth-order valence-electron chi connectivity index (χ4n) is 1.79. The van der Waals surface area contributed by atoms with Crippen molar-refractivity contribution in [3.05, 3.63) is 58.1 Å². The number of hydrogen-bond donors (Lipinski definition) is 2. The fraction of sp³-hybridized carbons (Fsp3) is 0.133. The maximum atomic E-state index is 13.4. The van der Waals surface area contributed by atoms with Crippen LogP contribution in [0.5, 0.6) is 0 Å². The van der Waals surface area contributed by atoms with Crippen molar-refractivity contribution in [2.24, 2.45) is 0 Å².